The summed E-state index contributed by atoms with van der Waals surface area (Å²) in [5.74, 6) is 2.56. The normalized spacial score (nSPS) is 16.6. The van der Waals surface area contributed by atoms with Crippen LogP contribution in [-0.2, 0) is 9.53 Å². The lowest BCUT2D eigenvalue weighted by Gasteiger charge is -2.22. The Morgan fingerprint density at radius 3 is 2.44 bits per heavy atom. The SMILES string of the molecule is C#CCCCC(=O)C1(NC(=O)OC(C)(C)C)CC1. The molecule has 1 aliphatic carbocycles. The predicted octanol–water partition coefficient (Wildman–Crippen LogP) is 2.42. The van der Waals surface area contributed by atoms with E-state index in [-0.39, 0.29) is 5.78 Å². The maximum absolute atomic E-state index is 12.0. The van der Waals surface area contributed by atoms with Crippen LogP contribution in [0.1, 0.15) is 52.9 Å². The lowest BCUT2D eigenvalue weighted by Crippen LogP contribution is -2.45. The molecule has 1 fully saturated rings. The van der Waals surface area contributed by atoms with Crippen LogP contribution in [0.25, 0.3) is 0 Å². The molecule has 1 N–H and O–H groups in total. The van der Waals surface area contributed by atoms with Gasteiger partial charge in [0, 0.05) is 12.8 Å². The highest BCUT2D eigenvalue weighted by atomic mass is 16.6. The number of nitrogens with one attached hydrogen (secondary N) is 1. The Morgan fingerprint density at radius 2 is 2.00 bits per heavy atom. The van der Waals surface area contributed by atoms with Crippen LogP contribution in [0.4, 0.5) is 4.79 Å². The minimum atomic E-state index is -0.684. The van der Waals surface area contributed by atoms with Crippen LogP contribution in [0.2, 0.25) is 0 Å². The summed E-state index contributed by atoms with van der Waals surface area (Å²) in [6.07, 6.45) is 7.69. The minimum absolute atomic E-state index is 0.0589. The molecule has 0 radical (unpaired) electrons. The smallest absolute Gasteiger partial charge is 0.408 e. The van der Waals surface area contributed by atoms with E-state index in [1.807, 2.05) is 0 Å². The zero-order valence-corrected chi connectivity index (χ0v) is 11.3. The van der Waals surface area contributed by atoms with Crippen molar-refractivity contribution in [3.8, 4) is 12.3 Å². The predicted molar refractivity (Wildman–Crippen MR) is 69.0 cm³/mol. The summed E-state index contributed by atoms with van der Waals surface area (Å²) in [5.41, 5.74) is -1.23. The van der Waals surface area contributed by atoms with E-state index in [1.54, 1.807) is 20.8 Å². The molecule has 0 atom stereocenters. The first kappa shape index (κ1) is 14.6. The summed E-state index contributed by atoms with van der Waals surface area (Å²) in [4.78, 5) is 23.6. The third-order valence-corrected chi connectivity index (χ3v) is 2.75. The van der Waals surface area contributed by atoms with Gasteiger partial charge >= 0.3 is 6.09 Å². The minimum Gasteiger partial charge on any atom is -0.444 e. The number of amides is 1. The lowest BCUT2D eigenvalue weighted by molar-refractivity contribution is -0.122. The van der Waals surface area contributed by atoms with Gasteiger partial charge in [0.1, 0.15) is 11.1 Å². The Kier molecular flexibility index (Phi) is 4.39. The van der Waals surface area contributed by atoms with Gasteiger partial charge in [-0.2, -0.15) is 0 Å². The molecule has 0 aromatic rings. The monoisotopic (exact) mass is 251 g/mol. The van der Waals surface area contributed by atoms with Gasteiger partial charge in [-0.25, -0.2) is 4.79 Å². The van der Waals surface area contributed by atoms with E-state index in [4.69, 9.17) is 11.2 Å². The van der Waals surface area contributed by atoms with Gasteiger partial charge in [-0.15, -0.1) is 12.3 Å². The number of rotatable bonds is 5. The molecule has 0 spiro atoms. The van der Waals surface area contributed by atoms with Crippen LogP contribution in [0.3, 0.4) is 0 Å². The molecule has 4 nitrogen and oxygen atoms in total. The van der Waals surface area contributed by atoms with Gasteiger partial charge in [0.15, 0.2) is 5.78 Å². The number of terminal acetylenes is 1. The van der Waals surface area contributed by atoms with E-state index in [1.165, 1.54) is 0 Å². The van der Waals surface area contributed by atoms with Crippen molar-refractivity contribution in [3.05, 3.63) is 0 Å². The molecular formula is C14H21NO3. The molecule has 18 heavy (non-hydrogen) atoms. The standard InChI is InChI=1S/C14H21NO3/c1-5-6-7-8-11(16)14(9-10-14)15-12(17)18-13(2,3)4/h1H,6-10H2,2-4H3,(H,15,17). The number of carbonyl (C=O) groups is 2. The largest absolute Gasteiger partial charge is 0.444 e. The second kappa shape index (κ2) is 5.43. The molecule has 100 valence electrons. The Balaban J connectivity index is 2.43. The van der Waals surface area contributed by atoms with Crippen molar-refractivity contribution in [2.75, 3.05) is 0 Å². The average Bonchev–Trinajstić information content (AvgIpc) is 2.96. The summed E-state index contributed by atoms with van der Waals surface area (Å²) in [6.45, 7) is 5.38. The quantitative estimate of drug-likeness (QED) is 0.603. The van der Waals surface area contributed by atoms with E-state index in [9.17, 15) is 9.59 Å². The Hall–Kier alpha value is -1.50. The number of hydrogen-bond donors (Lipinski definition) is 1. The maximum Gasteiger partial charge on any atom is 0.408 e. The van der Waals surface area contributed by atoms with Gasteiger partial charge in [0.2, 0.25) is 0 Å². The number of ether oxygens (including phenoxy) is 1. The van der Waals surface area contributed by atoms with E-state index in [0.29, 0.717) is 32.1 Å². The second-order valence-corrected chi connectivity index (χ2v) is 5.69. The van der Waals surface area contributed by atoms with Crippen LogP contribution in [0, 0.1) is 12.3 Å². The highest BCUT2D eigenvalue weighted by molar-refractivity contribution is 5.94. The molecule has 0 aromatic carbocycles. The Labute approximate surface area is 108 Å². The fourth-order valence-electron chi connectivity index (χ4n) is 1.69. The number of carbonyl (C=O) groups excluding carboxylic acids is 2. The van der Waals surface area contributed by atoms with Crippen molar-refractivity contribution < 1.29 is 14.3 Å². The summed E-state index contributed by atoms with van der Waals surface area (Å²) in [6, 6.07) is 0. The molecule has 1 rings (SSSR count). The highest BCUT2D eigenvalue weighted by Crippen LogP contribution is 2.38. The van der Waals surface area contributed by atoms with Gasteiger partial charge in [-0.05, 0) is 40.0 Å². The molecule has 0 saturated heterocycles. The molecule has 1 saturated carbocycles. The average molecular weight is 251 g/mol. The molecule has 0 unspecified atom stereocenters. The third-order valence-electron chi connectivity index (χ3n) is 2.75. The first-order valence-corrected chi connectivity index (χ1v) is 6.27. The van der Waals surface area contributed by atoms with Gasteiger partial charge in [-0.1, -0.05) is 0 Å². The van der Waals surface area contributed by atoms with Crippen molar-refractivity contribution >= 4 is 11.9 Å². The fraction of sp³-hybridized carbons (Fsp3) is 0.714. The van der Waals surface area contributed by atoms with Crippen LogP contribution < -0.4 is 5.32 Å². The zero-order chi connectivity index (χ0) is 13.8. The molecular weight excluding hydrogens is 230 g/mol. The van der Waals surface area contributed by atoms with Gasteiger partial charge in [0.25, 0.3) is 0 Å². The zero-order valence-electron chi connectivity index (χ0n) is 11.3. The molecule has 0 heterocycles. The Bertz CT molecular complexity index is 369. The van der Waals surface area contributed by atoms with Crippen molar-refractivity contribution in [2.45, 2.75) is 64.0 Å². The summed E-state index contributed by atoms with van der Waals surface area (Å²) >= 11 is 0. The maximum atomic E-state index is 12.0. The van der Waals surface area contributed by atoms with E-state index in [0.717, 1.165) is 0 Å². The van der Waals surface area contributed by atoms with E-state index < -0.39 is 17.2 Å². The van der Waals surface area contributed by atoms with Gasteiger partial charge in [0.05, 0.1) is 0 Å². The van der Waals surface area contributed by atoms with Crippen molar-refractivity contribution in [1.29, 1.82) is 0 Å². The van der Waals surface area contributed by atoms with Gasteiger partial charge in [-0.3, -0.25) is 4.79 Å². The number of unbranched alkanes of at least 4 members (excludes halogenated alkanes) is 1. The van der Waals surface area contributed by atoms with E-state index >= 15 is 0 Å². The van der Waals surface area contributed by atoms with Gasteiger partial charge < -0.3 is 10.1 Å². The van der Waals surface area contributed by atoms with Crippen LogP contribution >= 0.6 is 0 Å². The number of ketones is 1. The fourth-order valence-corrected chi connectivity index (χ4v) is 1.69. The molecule has 0 aliphatic heterocycles. The van der Waals surface area contributed by atoms with Crippen LogP contribution in [0.5, 0.6) is 0 Å². The third kappa shape index (κ3) is 4.40. The van der Waals surface area contributed by atoms with Crippen molar-refractivity contribution in [3.63, 3.8) is 0 Å². The first-order valence-electron chi connectivity index (χ1n) is 6.27. The Morgan fingerprint density at radius 1 is 1.39 bits per heavy atom. The molecule has 1 aliphatic rings. The molecule has 1 amide bonds. The lowest BCUT2D eigenvalue weighted by atomic mass is 10.1. The van der Waals surface area contributed by atoms with Crippen molar-refractivity contribution in [1.82, 2.24) is 5.32 Å². The summed E-state index contributed by atoms with van der Waals surface area (Å²) in [7, 11) is 0. The number of hydrogen-bond acceptors (Lipinski definition) is 3. The topological polar surface area (TPSA) is 55.4 Å². The molecule has 0 bridgehead atoms. The molecule has 0 aromatic heterocycles. The van der Waals surface area contributed by atoms with Crippen LogP contribution in [-0.4, -0.2) is 23.0 Å². The highest BCUT2D eigenvalue weighted by Gasteiger charge is 2.50. The summed E-state index contributed by atoms with van der Waals surface area (Å²) < 4.78 is 5.15. The number of Topliss-reactive ketones (excluding diaryl/α,β-unsaturated/α-hetero) is 1. The summed E-state index contributed by atoms with van der Waals surface area (Å²) in [5, 5.41) is 2.69. The van der Waals surface area contributed by atoms with Crippen molar-refractivity contribution in [2.24, 2.45) is 0 Å². The van der Waals surface area contributed by atoms with Crippen LogP contribution in [0.15, 0.2) is 0 Å². The molecule has 4 heteroatoms. The first-order chi connectivity index (χ1) is 8.29. The second-order valence-electron chi connectivity index (χ2n) is 5.69. The van der Waals surface area contributed by atoms with E-state index in [2.05, 4.69) is 11.2 Å². The number of alkyl carbamates (subject to hydrolysis) is 1.